The van der Waals surface area contributed by atoms with Crippen LogP contribution in [0.15, 0.2) is 24.3 Å². The van der Waals surface area contributed by atoms with E-state index in [-0.39, 0.29) is 0 Å². The second kappa shape index (κ2) is 4.59. The highest BCUT2D eigenvalue weighted by Crippen LogP contribution is 2.49. The van der Waals surface area contributed by atoms with E-state index < -0.39 is 0 Å². The van der Waals surface area contributed by atoms with Crippen LogP contribution in [-0.2, 0) is 6.42 Å². The van der Waals surface area contributed by atoms with Gasteiger partial charge in [-0.2, -0.15) is 0 Å². The van der Waals surface area contributed by atoms with E-state index in [0.717, 1.165) is 17.8 Å². The molecule has 0 saturated heterocycles. The molecule has 2 fully saturated rings. The van der Waals surface area contributed by atoms with Crippen LogP contribution in [0.1, 0.15) is 56.7 Å². The average molecular weight is 269 g/mol. The highest BCUT2D eigenvalue weighted by molar-refractivity contribution is 5.37. The first kappa shape index (κ1) is 12.9. The second-order valence-corrected chi connectivity index (χ2v) is 8.14. The molecule has 1 N–H and O–H groups in total. The largest absolute Gasteiger partial charge is 0.309 e. The average Bonchev–Trinajstić information content (AvgIpc) is 3.07. The molecule has 4 unspecified atom stereocenters. The zero-order valence-corrected chi connectivity index (χ0v) is 12.9. The summed E-state index contributed by atoms with van der Waals surface area (Å²) >= 11 is 0. The van der Waals surface area contributed by atoms with Gasteiger partial charge in [0, 0.05) is 6.04 Å². The Balaban J connectivity index is 1.48. The minimum absolute atomic E-state index is 0.362. The fourth-order valence-corrected chi connectivity index (χ4v) is 5.27. The Morgan fingerprint density at radius 1 is 1.15 bits per heavy atom. The van der Waals surface area contributed by atoms with Crippen LogP contribution < -0.4 is 5.32 Å². The standard InChI is InChI=1S/C19H27N/c1-19(2)11-15-5-3-4-6-17(15)18(19)20-12-16-10-13-7-8-14(16)9-13/h3-6,13-14,16,18,20H,7-12H2,1-2H3. The van der Waals surface area contributed by atoms with Crippen molar-refractivity contribution in [1.82, 2.24) is 5.32 Å². The molecule has 1 nitrogen and oxygen atoms in total. The molecule has 0 radical (unpaired) electrons. The van der Waals surface area contributed by atoms with Crippen molar-refractivity contribution >= 4 is 0 Å². The highest BCUT2D eigenvalue weighted by atomic mass is 14.9. The van der Waals surface area contributed by atoms with Gasteiger partial charge in [0.05, 0.1) is 0 Å². The molecular weight excluding hydrogens is 242 g/mol. The Morgan fingerprint density at radius 2 is 2.00 bits per heavy atom. The van der Waals surface area contributed by atoms with Gasteiger partial charge in [-0.3, -0.25) is 0 Å². The van der Waals surface area contributed by atoms with Crippen molar-refractivity contribution in [2.75, 3.05) is 6.54 Å². The molecule has 0 spiro atoms. The van der Waals surface area contributed by atoms with Crippen LogP contribution in [0.4, 0.5) is 0 Å². The van der Waals surface area contributed by atoms with Crippen molar-refractivity contribution in [1.29, 1.82) is 0 Å². The zero-order valence-electron chi connectivity index (χ0n) is 12.9. The molecule has 2 bridgehead atoms. The van der Waals surface area contributed by atoms with Gasteiger partial charge in [-0.1, -0.05) is 44.5 Å². The lowest BCUT2D eigenvalue weighted by Gasteiger charge is -2.31. The van der Waals surface area contributed by atoms with Gasteiger partial charge < -0.3 is 5.32 Å². The van der Waals surface area contributed by atoms with E-state index in [1.807, 2.05) is 0 Å². The Hall–Kier alpha value is -0.820. The van der Waals surface area contributed by atoms with Gasteiger partial charge in [0.15, 0.2) is 0 Å². The summed E-state index contributed by atoms with van der Waals surface area (Å²) in [5, 5.41) is 3.95. The molecule has 3 aliphatic carbocycles. The van der Waals surface area contributed by atoms with Gasteiger partial charge in [-0.15, -0.1) is 0 Å². The van der Waals surface area contributed by atoms with Crippen LogP contribution in [0.25, 0.3) is 0 Å². The van der Waals surface area contributed by atoms with E-state index in [9.17, 15) is 0 Å². The van der Waals surface area contributed by atoms with E-state index in [4.69, 9.17) is 0 Å². The second-order valence-electron chi connectivity index (χ2n) is 8.14. The van der Waals surface area contributed by atoms with Crippen LogP contribution in [0.2, 0.25) is 0 Å². The lowest BCUT2D eigenvalue weighted by Crippen LogP contribution is -2.35. The van der Waals surface area contributed by atoms with Crippen LogP contribution in [-0.4, -0.2) is 6.54 Å². The zero-order chi connectivity index (χ0) is 13.7. The fourth-order valence-electron chi connectivity index (χ4n) is 5.27. The lowest BCUT2D eigenvalue weighted by atomic mass is 9.84. The van der Waals surface area contributed by atoms with Crippen LogP contribution >= 0.6 is 0 Å². The molecule has 0 aromatic heterocycles. The van der Waals surface area contributed by atoms with Crippen molar-refractivity contribution in [2.24, 2.45) is 23.2 Å². The maximum Gasteiger partial charge on any atom is 0.0377 e. The molecular formula is C19H27N. The Morgan fingerprint density at radius 3 is 2.75 bits per heavy atom. The number of fused-ring (bicyclic) bond motifs is 3. The van der Waals surface area contributed by atoms with E-state index in [1.54, 1.807) is 11.1 Å². The predicted molar refractivity (Wildman–Crippen MR) is 83.6 cm³/mol. The van der Waals surface area contributed by atoms with E-state index in [1.165, 1.54) is 38.6 Å². The summed E-state index contributed by atoms with van der Waals surface area (Å²) in [7, 11) is 0. The summed E-state index contributed by atoms with van der Waals surface area (Å²) < 4.78 is 0. The third-order valence-electron chi connectivity index (χ3n) is 6.26. The summed E-state index contributed by atoms with van der Waals surface area (Å²) in [4.78, 5) is 0. The van der Waals surface area contributed by atoms with E-state index in [2.05, 4.69) is 43.4 Å². The first-order valence-corrected chi connectivity index (χ1v) is 8.45. The predicted octanol–water partition coefficient (Wildman–Crippen LogP) is 4.34. The van der Waals surface area contributed by atoms with Crippen LogP contribution in [0.5, 0.6) is 0 Å². The molecule has 1 heteroatoms. The number of hydrogen-bond donors (Lipinski definition) is 1. The maximum absolute atomic E-state index is 3.95. The molecule has 1 aromatic carbocycles. The lowest BCUT2D eigenvalue weighted by molar-refractivity contribution is 0.235. The third-order valence-corrected chi connectivity index (χ3v) is 6.26. The Kier molecular flexibility index (Phi) is 2.96. The smallest absolute Gasteiger partial charge is 0.0377 e. The Labute approximate surface area is 123 Å². The molecule has 1 aromatic rings. The molecule has 0 aliphatic heterocycles. The first-order valence-electron chi connectivity index (χ1n) is 8.45. The molecule has 108 valence electrons. The Bertz CT molecular complexity index is 504. The van der Waals surface area contributed by atoms with Gasteiger partial charge in [0.2, 0.25) is 0 Å². The SMILES string of the molecule is CC1(C)Cc2ccccc2C1NCC1CC2CCC1C2. The quantitative estimate of drug-likeness (QED) is 0.861. The third kappa shape index (κ3) is 2.02. The molecule has 20 heavy (non-hydrogen) atoms. The highest BCUT2D eigenvalue weighted by Gasteiger charge is 2.42. The molecule has 4 rings (SSSR count). The van der Waals surface area contributed by atoms with Gasteiger partial charge in [-0.05, 0) is 66.5 Å². The maximum atomic E-state index is 3.95. The number of rotatable bonds is 3. The summed E-state index contributed by atoms with van der Waals surface area (Å²) in [6, 6.07) is 9.59. The van der Waals surface area contributed by atoms with Crippen molar-refractivity contribution < 1.29 is 0 Å². The summed E-state index contributed by atoms with van der Waals surface area (Å²) in [5.41, 5.74) is 3.48. The van der Waals surface area contributed by atoms with E-state index in [0.29, 0.717) is 11.5 Å². The first-order chi connectivity index (χ1) is 9.63. The number of nitrogens with one attached hydrogen (secondary N) is 1. The van der Waals surface area contributed by atoms with Crippen molar-refractivity contribution in [3.8, 4) is 0 Å². The van der Waals surface area contributed by atoms with Gasteiger partial charge in [0.25, 0.3) is 0 Å². The van der Waals surface area contributed by atoms with E-state index >= 15 is 0 Å². The monoisotopic (exact) mass is 269 g/mol. The normalized spacial score (nSPS) is 37.3. The van der Waals surface area contributed by atoms with Gasteiger partial charge in [-0.25, -0.2) is 0 Å². The molecule has 4 atom stereocenters. The molecule has 0 heterocycles. The van der Waals surface area contributed by atoms with Crippen LogP contribution in [0, 0.1) is 23.2 Å². The van der Waals surface area contributed by atoms with Crippen molar-refractivity contribution in [3.05, 3.63) is 35.4 Å². The number of benzene rings is 1. The molecule has 2 saturated carbocycles. The number of hydrogen-bond acceptors (Lipinski definition) is 1. The summed E-state index contributed by atoms with van der Waals surface area (Å²) in [5.74, 6) is 3.06. The van der Waals surface area contributed by atoms with Gasteiger partial charge >= 0.3 is 0 Å². The fraction of sp³-hybridized carbons (Fsp3) is 0.684. The minimum atomic E-state index is 0.362. The minimum Gasteiger partial charge on any atom is -0.309 e. The summed E-state index contributed by atoms with van der Waals surface area (Å²) in [6.07, 6.45) is 7.25. The van der Waals surface area contributed by atoms with Crippen molar-refractivity contribution in [2.45, 2.75) is 52.0 Å². The molecule has 0 amide bonds. The van der Waals surface area contributed by atoms with Crippen LogP contribution in [0.3, 0.4) is 0 Å². The molecule has 3 aliphatic rings. The summed E-state index contributed by atoms with van der Waals surface area (Å²) in [6.45, 7) is 6.08. The topological polar surface area (TPSA) is 12.0 Å². The van der Waals surface area contributed by atoms with Gasteiger partial charge in [0.1, 0.15) is 0 Å². The van der Waals surface area contributed by atoms with Crippen molar-refractivity contribution in [3.63, 3.8) is 0 Å².